The van der Waals surface area contributed by atoms with Crippen molar-refractivity contribution in [3.63, 3.8) is 0 Å². The van der Waals surface area contributed by atoms with Crippen LogP contribution in [-0.4, -0.2) is 18.0 Å². The molecular formula is C24H20N2O4S. The molecule has 0 saturated heterocycles. The molecule has 0 radical (unpaired) electrons. The fraction of sp³-hybridized carbons (Fsp3) is 0.208. The molecule has 7 heteroatoms. The number of methoxy groups -OCH3 is 1. The second-order valence-electron chi connectivity index (χ2n) is 7.63. The first-order valence-electron chi connectivity index (χ1n) is 9.88. The van der Waals surface area contributed by atoms with Crippen LogP contribution in [0.4, 0.5) is 5.13 Å². The van der Waals surface area contributed by atoms with Crippen LogP contribution in [0.25, 0.3) is 11.0 Å². The second kappa shape index (κ2) is 7.06. The number of carbonyl (C=O) groups is 1. The van der Waals surface area contributed by atoms with Crippen molar-refractivity contribution in [1.82, 2.24) is 4.98 Å². The number of aryl methyl sites for hydroxylation is 3. The van der Waals surface area contributed by atoms with Gasteiger partial charge < -0.3 is 9.15 Å². The molecule has 4 aromatic rings. The Hall–Kier alpha value is -3.45. The zero-order valence-electron chi connectivity index (χ0n) is 17.6. The maximum atomic E-state index is 13.7. The number of hydrogen-bond donors (Lipinski definition) is 0. The minimum Gasteiger partial charge on any atom is -0.496 e. The van der Waals surface area contributed by atoms with Gasteiger partial charge in [0.15, 0.2) is 10.6 Å². The Kier molecular flexibility index (Phi) is 4.44. The molecule has 1 amide bonds. The van der Waals surface area contributed by atoms with E-state index in [9.17, 15) is 9.59 Å². The van der Waals surface area contributed by atoms with Crippen molar-refractivity contribution in [2.75, 3.05) is 12.0 Å². The number of fused-ring (bicyclic) bond motifs is 2. The number of carbonyl (C=O) groups excluding carboxylic acids is 1. The van der Waals surface area contributed by atoms with Gasteiger partial charge in [-0.25, -0.2) is 4.98 Å². The first-order chi connectivity index (χ1) is 14.9. The van der Waals surface area contributed by atoms with Gasteiger partial charge in [-0.15, -0.1) is 11.3 Å². The zero-order chi connectivity index (χ0) is 21.9. The maximum absolute atomic E-state index is 13.7. The molecule has 156 valence electrons. The summed E-state index contributed by atoms with van der Waals surface area (Å²) >= 11 is 1.42. The van der Waals surface area contributed by atoms with E-state index >= 15 is 0 Å². The molecule has 1 aliphatic rings. The van der Waals surface area contributed by atoms with Crippen LogP contribution in [0, 0.1) is 20.8 Å². The number of ether oxygens (including phenoxy) is 1. The molecule has 6 nitrogen and oxygen atoms in total. The molecule has 0 N–H and O–H groups in total. The van der Waals surface area contributed by atoms with Crippen LogP contribution in [0.15, 0.2) is 51.7 Å². The van der Waals surface area contributed by atoms with Crippen LogP contribution in [0.1, 0.15) is 43.9 Å². The summed E-state index contributed by atoms with van der Waals surface area (Å²) in [5, 5.41) is 0.988. The molecule has 2 aromatic carbocycles. The van der Waals surface area contributed by atoms with Crippen LogP contribution >= 0.6 is 11.3 Å². The molecular weight excluding hydrogens is 412 g/mol. The first kappa shape index (κ1) is 19.5. The molecule has 2 aromatic heterocycles. The lowest BCUT2D eigenvalue weighted by Crippen LogP contribution is -2.29. The molecule has 0 fully saturated rings. The third-order valence-electron chi connectivity index (χ3n) is 5.68. The summed E-state index contributed by atoms with van der Waals surface area (Å²) in [4.78, 5) is 34.4. The van der Waals surface area contributed by atoms with E-state index in [0.29, 0.717) is 33.0 Å². The number of thiazole rings is 1. The van der Waals surface area contributed by atoms with Crippen LogP contribution < -0.4 is 15.1 Å². The smallest absolute Gasteiger partial charge is 0.297 e. The van der Waals surface area contributed by atoms with E-state index in [0.717, 1.165) is 16.1 Å². The number of anilines is 1. The minimum absolute atomic E-state index is 0.0581. The summed E-state index contributed by atoms with van der Waals surface area (Å²) in [7, 11) is 1.57. The van der Waals surface area contributed by atoms with Crippen molar-refractivity contribution in [2.45, 2.75) is 26.8 Å². The second-order valence-corrected chi connectivity index (χ2v) is 8.81. The summed E-state index contributed by atoms with van der Waals surface area (Å²) in [6.45, 7) is 5.78. The van der Waals surface area contributed by atoms with E-state index in [2.05, 4.69) is 4.98 Å². The van der Waals surface area contributed by atoms with Crippen LogP contribution in [0.3, 0.4) is 0 Å². The number of para-hydroxylation sites is 1. The van der Waals surface area contributed by atoms with E-state index in [1.807, 2.05) is 51.1 Å². The molecule has 0 aliphatic carbocycles. The van der Waals surface area contributed by atoms with Gasteiger partial charge in [-0.05, 0) is 39.0 Å². The van der Waals surface area contributed by atoms with Gasteiger partial charge in [-0.3, -0.25) is 14.5 Å². The van der Waals surface area contributed by atoms with Gasteiger partial charge in [-0.1, -0.05) is 29.8 Å². The highest BCUT2D eigenvalue weighted by Crippen LogP contribution is 2.45. The quantitative estimate of drug-likeness (QED) is 0.459. The van der Waals surface area contributed by atoms with E-state index in [1.54, 1.807) is 24.1 Å². The lowest BCUT2D eigenvalue weighted by molar-refractivity contribution is 0.0971. The summed E-state index contributed by atoms with van der Waals surface area (Å²) in [5.41, 5.74) is 3.01. The Morgan fingerprint density at radius 1 is 1.10 bits per heavy atom. The molecule has 0 bridgehead atoms. The summed E-state index contributed by atoms with van der Waals surface area (Å²) in [5.74, 6) is 0.272. The van der Waals surface area contributed by atoms with Crippen molar-refractivity contribution < 1.29 is 13.9 Å². The van der Waals surface area contributed by atoms with Gasteiger partial charge in [-0.2, -0.15) is 0 Å². The van der Waals surface area contributed by atoms with E-state index in [4.69, 9.17) is 9.15 Å². The maximum Gasteiger partial charge on any atom is 0.297 e. The highest BCUT2D eigenvalue weighted by atomic mass is 32.1. The number of hydrogen-bond acceptors (Lipinski definition) is 6. The SMILES string of the molecule is COc1ccccc1C1c2c(oc3ccc(C)cc3c2=O)C(=O)N1c1nc(C)c(C)s1. The zero-order valence-corrected chi connectivity index (χ0v) is 18.4. The van der Waals surface area contributed by atoms with Crippen LogP contribution in [0.5, 0.6) is 5.75 Å². The normalized spacial score (nSPS) is 15.5. The lowest BCUT2D eigenvalue weighted by Gasteiger charge is -2.24. The molecule has 1 unspecified atom stereocenters. The molecule has 1 aliphatic heterocycles. The average molecular weight is 433 g/mol. The molecule has 0 spiro atoms. The van der Waals surface area contributed by atoms with E-state index in [-0.39, 0.29) is 17.1 Å². The van der Waals surface area contributed by atoms with Crippen LogP contribution in [0.2, 0.25) is 0 Å². The van der Waals surface area contributed by atoms with Crippen molar-refractivity contribution in [1.29, 1.82) is 0 Å². The summed E-state index contributed by atoms with van der Waals surface area (Å²) < 4.78 is 11.6. The fourth-order valence-electron chi connectivity index (χ4n) is 4.03. The highest BCUT2D eigenvalue weighted by molar-refractivity contribution is 7.15. The fourth-order valence-corrected chi connectivity index (χ4v) is 4.97. The monoisotopic (exact) mass is 432 g/mol. The number of benzene rings is 2. The Bertz CT molecular complexity index is 1400. The van der Waals surface area contributed by atoms with Gasteiger partial charge in [0.05, 0.1) is 23.8 Å². The molecule has 0 saturated carbocycles. The third-order valence-corrected chi connectivity index (χ3v) is 6.75. The van der Waals surface area contributed by atoms with Crippen molar-refractivity contribution in [3.8, 4) is 5.75 Å². The van der Waals surface area contributed by atoms with Gasteiger partial charge in [0.1, 0.15) is 17.4 Å². The first-order valence-corrected chi connectivity index (χ1v) is 10.7. The van der Waals surface area contributed by atoms with Gasteiger partial charge in [0.2, 0.25) is 5.76 Å². The molecule has 3 heterocycles. The third kappa shape index (κ3) is 2.88. The van der Waals surface area contributed by atoms with Gasteiger partial charge in [0, 0.05) is 10.4 Å². The molecule has 1 atom stereocenters. The Morgan fingerprint density at radius 2 is 1.87 bits per heavy atom. The Morgan fingerprint density at radius 3 is 2.58 bits per heavy atom. The van der Waals surface area contributed by atoms with E-state index < -0.39 is 6.04 Å². The van der Waals surface area contributed by atoms with Crippen LogP contribution in [-0.2, 0) is 0 Å². The van der Waals surface area contributed by atoms with Crippen molar-refractivity contribution in [3.05, 3.63) is 85.7 Å². The topological polar surface area (TPSA) is 72.6 Å². The largest absolute Gasteiger partial charge is 0.496 e. The van der Waals surface area contributed by atoms with E-state index in [1.165, 1.54) is 11.3 Å². The molecule has 31 heavy (non-hydrogen) atoms. The number of amides is 1. The predicted molar refractivity (Wildman–Crippen MR) is 120 cm³/mol. The Labute approximate surface area is 182 Å². The number of rotatable bonds is 3. The predicted octanol–water partition coefficient (Wildman–Crippen LogP) is 4.93. The summed E-state index contributed by atoms with van der Waals surface area (Å²) in [6, 6.07) is 12.1. The Balaban J connectivity index is 1.85. The average Bonchev–Trinajstić information content (AvgIpc) is 3.24. The lowest BCUT2D eigenvalue weighted by atomic mass is 9.97. The van der Waals surface area contributed by atoms with Crippen molar-refractivity contribution in [2.24, 2.45) is 0 Å². The summed E-state index contributed by atoms with van der Waals surface area (Å²) in [6.07, 6.45) is 0. The van der Waals surface area contributed by atoms with Gasteiger partial charge in [0.25, 0.3) is 5.91 Å². The number of aromatic nitrogens is 1. The van der Waals surface area contributed by atoms with Crippen molar-refractivity contribution >= 4 is 33.3 Å². The number of nitrogens with zero attached hydrogens (tertiary/aromatic N) is 2. The van der Waals surface area contributed by atoms with Gasteiger partial charge >= 0.3 is 0 Å². The molecule has 5 rings (SSSR count). The standard InChI is InChI=1S/C24H20N2O4S/c1-12-9-10-18-16(11-12)21(27)19-20(15-7-5-6-8-17(15)29-4)26(23(28)22(19)30-18)24-25-13(2)14(3)31-24/h5-11,20H,1-4H3. The highest BCUT2D eigenvalue weighted by Gasteiger charge is 2.46. The minimum atomic E-state index is -0.690.